The van der Waals surface area contributed by atoms with Crippen LogP contribution in [0.4, 0.5) is 0 Å². The van der Waals surface area contributed by atoms with Crippen molar-refractivity contribution >= 4 is 10.4 Å². The van der Waals surface area contributed by atoms with E-state index in [0.29, 0.717) is 6.42 Å². The van der Waals surface area contributed by atoms with E-state index in [2.05, 4.69) is 4.18 Å². The molecule has 0 saturated heterocycles. The van der Waals surface area contributed by atoms with Crippen molar-refractivity contribution in [2.75, 3.05) is 0 Å². The summed E-state index contributed by atoms with van der Waals surface area (Å²) in [5.74, 6) is 0.0897. The summed E-state index contributed by atoms with van der Waals surface area (Å²) in [5, 5.41) is 0. The van der Waals surface area contributed by atoms with Gasteiger partial charge in [0.1, 0.15) is 0 Å². The zero-order valence-electron chi connectivity index (χ0n) is 7.65. The van der Waals surface area contributed by atoms with E-state index in [9.17, 15) is 8.42 Å². The SMILES string of the molecule is CCCC(OS(=O)(=O)O)C(C)C. The molecular weight excluding hydrogens is 180 g/mol. The van der Waals surface area contributed by atoms with Crippen LogP contribution in [0.1, 0.15) is 33.6 Å². The van der Waals surface area contributed by atoms with Gasteiger partial charge in [-0.15, -0.1) is 0 Å². The minimum absolute atomic E-state index is 0.0897. The third-order valence-electron chi connectivity index (χ3n) is 1.56. The Labute approximate surface area is 73.9 Å². The predicted octanol–water partition coefficient (Wildman–Crippen LogP) is 1.63. The van der Waals surface area contributed by atoms with E-state index < -0.39 is 16.5 Å². The average molecular weight is 196 g/mol. The molecule has 0 fully saturated rings. The van der Waals surface area contributed by atoms with Gasteiger partial charge < -0.3 is 0 Å². The lowest BCUT2D eigenvalue weighted by molar-refractivity contribution is 0.129. The highest BCUT2D eigenvalue weighted by Crippen LogP contribution is 2.14. The maximum absolute atomic E-state index is 10.4. The van der Waals surface area contributed by atoms with Gasteiger partial charge in [0, 0.05) is 0 Å². The molecule has 0 aliphatic heterocycles. The van der Waals surface area contributed by atoms with E-state index in [4.69, 9.17) is 4.55 Å². The predicted molar refractivity (Wildman–Crippen MR) is 46.2 cm³/mol. The molecule has 0 aromatic carbocycles. The molecule has 1 atom stereocenters. The van der Waals surface area contributed by atoms with Gasteiger partial charge in [0.25, 0.3) is 0 Å². The Bertz CT molecular complexity index is 207. The fourth-order valence-electron chi connectivity index (χ4n) is 0.933. The number of hydrogen-bond acceptors (Lipinski definition) is 3. The van der Waals surface area contributed by atoms with Crippen LogP contribution in [0.5, 0.6) is 0 Å². The van der Waals surface area contributed by atoms with Gasteiger partial charge in [0.05, 0.1) is 6.10 Å². The molecule has 0 aliphatic rings. The van der Waals surface area contributed by atoms with E-state index in [1.807, 2.05) is 20.8 Å². The van der Waals surface area contributed by atoms with E-state index >= 15 is 0 Å². The topological polar surface area (TPSA) is 63.6 Å². The van der Waals surface area contributed by atoms with E-state index in [1.165, 1.54) is 0 Å². The monoisotopic (exact) mass is 196 g/mol. The van der Waals surface area contributed by atoms with Gasteiger partial charge >= 0.3 is 10.4 Å². The third-order valence-corrected chi connectivity index (χ3v) is 2.05. The minimum Gasteiger partial charge on any atom is -0.264 e. The van der Waals surface area contributed by atoms with Crippen LogP contribution in [-0.4, -0.2) is 19.1 Å². The highest BCUT2D eigenvalue weighted by atomic mass is 32.3. The van der Waals surface area contributed by atoms with Crippen LogP contribution >= 0.6 is 0 Å². The normalized spacial score (nSPS) is 15.1. The molecule has 4 nitrogen and oxygen atoms in total. The molecule has 74 valence electrons. The molecule has 0 aromatic heterocycles. The second kappa shape index (κ2) is 4.79. The third kappa shape index (κ3) is 5.51. The van der Waals surface area contributed by atoms with Crippen LogP contribution < -0.4 is 0 Å². The van der Waals surface area contributed by atoms with Gasteiger partial charge in [0.15, 0.2) is 0 Å². The van der Waals surface area contributed by atoms with Gasteiger partial charge in [-0.2, -0.15) is 8.42 Å². The van der Waals surface area contributed by atoms with E-state index in [0.717, 1.165) is 6.42 Å². The van der Waals surface area contributed by atoms with Crippen LogP contribution in [0.15, 0.2) is 0 Å². The first-order chi connectivity index (χ1) is 5.37. The van der Waals surface area contributed by atoms with Crippen molar-refractivity contribution in [1.29, 1.82) is 0 Å². The number of hydrogen-bond donors (Lipinski definition) is 1. The Morgan fingerprint density at radius 3 is 2.17 bits per heavy atom. The summed E-state index contributed by atoms with van der Waals surface area (Å²) in [7, 11) is -4.29. The van der Waals surface area contributed by atoms with Crippen molar-refractivity contribution in [3.05, 3.63) is 0 Å². The standard InChI is InChI=1S/C7H16O4S/c1-4-5-7(6(2)3)11-12(8,9)10/h6-7H,4-5H2,1-3H3,(H,8,9,10). The Hall–Kier alpha value is -0.130. The number of rotatable bonds is 5. The molecule has 0 radical (unpaired) electrons. The van der Waals surface area contributed by atoms with Gasteiger partial charge in [-0.25, -0.2) is 4.18 Å². The smallest absolute Gasteiger partial charge is 0.264 e. The molecule has 1 N–H and O–H groups in total. The summed E-state index contributed by atoms with van der Waals surface area (Å²) in [6, 6.07) is 0. The molecule has 0 rings (SSSR count). The summed E-state index contributed by atoms with van der Waals surface area (Å²) in [6.07, 6.45) is 1.06. The van der Waals surface area contributed by atoms with E-state index in [-0.39, 0.29) is 5.92 Å². The molecular formula is C7H16O4S. The largest absolute Gasteiger partial charge is 0.397 e. The van der Waals surface area contributed by atoms with Crippen molar-refractivity contribution in [3.63, 3.8) is 0 Å². The molecule has 0 heterocycles. The lowest BCUT2D eigenvalue weighted by Gasteiger charge is -2.17. The van der Waals surface area contributed by atoms with Crippen LogP contribution in [0.3, 0.4) is 0 Å². The van der Waals surface area contributed by atoms with Crippen LogP contribution in [-0.2, 0) is 14.6 Å². The second-order valence-electron chi connectivity index (χ2n) is 3.10. The average Bonchev–Trinajstić information content (AvgIpc) is 1.83. The first-order valence-electron chi connectivity index (χ1n) is 4.02. The van der Waals surface area contributed by atoms with Gasteiger partial charge in [-0.3, -0.25) is 4.55 Å². The van der Waals surface area contributed by atoms with Crippen LogP contribution in [0.2, 0.25) is 0 Å². The maximum atomic E-state index is 10.4. The summed E-state index contributed by atoms with van der Waals surface area (Å²) >= 11 is 0. The van der Waals surface area contributed by atoms with Crippen molar-refractivity contribution < 1.29 is 17.2 Å². The zero-order chi connectivity index (χ0) is 9.78. The maximum Gasteiger partial charge on any atom is 0.397 e. The van der Waals surface area contributed by atoms with Gasteiger partial charge in [-0.05, 0) is 12.3 Å². The van der Waals surface area contributed by atoms with Gasteiger partial charge in [0.2, 0.25) is 0 Å². The Balaban J connectivity index is 4.14. The van der Waals surface area contributed by atoms with Crippen molar-refractivity contribution in [3.8, 4) is 0 Å². The summed E-state index contributed by atoms with van der Waals surface area (Å²) < 4.78 is 33.6. The molecule has 1 unspecified atom stereocenters. The second-order valence-corrected chi connectivity index (χ2v) is 4.14. The Morgan fingerprint density at radius 2 is 1.92 bits per heavy atom. The highest BCUT2D eigenvalue weighted by molar-refractivity contribution is 7.80. The summed E-state index contributed by atoms with van der Waals surface area (Å²) in [4.78, 5) is 0. The fraction of sp³-hybridized carbons (Fsp3) is 1.00. The van der Waals surface area contributed by atoms with E-state index in [1.54, 1.807) is 0 Å². The molecule has 12 heavy (non-hydrogen) atoms. The minimum atomic E-state index is -4.29. The summed E-state index contributed by atoms with van der Waals surface area (Å²) in [5.41, 5.74) is 0. The van der Waals surface area contributed by atoms with Crippen molar-refractivity contribution in [1.82, 2.24) is 0 Å². The zero-order valence-corrected chi connectivity index (χ0v) is 8.47. The molecule has 0 aromatic rings. The first-order valence-corrected chi connectivity index (χ1v) is 5.39. The van der Waals surface area contributed by atoms with Crippen molar-refractivity contribution in [2.24, 2.45) is 5.92 Å². The summed E-state index contributed by atoms with van der Waals surface area (Å²) in [6.45, 7) is 5.64. The molecule has 0 bridgehead atoms. The quantitative estimate of drug-likeness (QED) is 0.679. The fourth-order valence-corrected chi connectivity index (χ4v) is 1.56. The Morgan fingerprint density at radius 1 is 1.42 bits per heavy atom. The molecule has 0 aliphatic carbocycles. The molecule has 0 amide bonds. The molecule has 0 saturated carbocycles. The van der Waals surface area contributed by atoms with Gasteiger partial charge in [-0.1, -0.05) is 27.2 Å². The first kappa shape index (κ1) is 11.9. The van der Waals surface area contributed by atoms with Crippen LogP contribution in [0.25, 0.3) is 0 Å². The highest BCUT2D eigenvalue weighted by Gasteiger charge is 2.19. The van der Waals surface area contributed by atoms with Crippen molar-refractivity contribution in [2.45, 2.75) is 39.7 Å². The van der Waals surface area contributed by atoms with Crippen LogP contribution in [0, 0.1) is 5.92 Å². The lowest BCUT2D eigenvalue weighted by Crippen LogP contribution is -2.23. The lowest BCUT2D eigenvalue weighted by atomic mass is 10.0. The Kier molecular flexibility index (Phi) is 4.74. The molecule has 0 spiro atoms. The molecule has 5 heteroatoms.